The SMILES string of the molecule is NCCn1cc(N2CCCC2)cn1. The Kier molecular flexibility index (Phi) is 2.49. The van der Waals surface area contributed by atoms with E-state index in [1.54, 1.807) is 0 Å². The third kappa shape index (κ3) is 1.83. The van der Waals surface area contributed by atoms with Gasteiger partial charge in [0, 0.05) is 25.8 Å². The molecule has 0 bridgehead atoms. The van der Waals surface area contributed by atoms with Crippen LogP contribution in [0, 0.1) is 0 Å². The third-order valence-corrected chi connectivity index (χ3v) is 2.45. The molecule has 2 heterocycles. The molecule has 4 heteroatoms. The lowest BCUT2D eigenvalue weighted by Crippen LogP contribution is -2.17. The monoisotopic (exact) mass is 180 g/mol. The summed E-state index contributed by atoms with van der Waals surface area (Å²) in [7, 11) is 0. The minimum atomic E-state index is 0.654. The molecule has 1 saturated heterocycles. The van der Waals surface area contributed by atoms with Crippen molar-refractivity contribution in [3.63, 3.8) is 0 Å². The lowest BCUT2D eigenvalue weighted by molar-refractivity contribution is 0.625. The molecule has 1 aliphatic rings. The first-order chi connectivity index (χ1) is 6.40. The van der Waals surface area contributed by atoms with Crippen LogP contribution in [0.5, 0.6) is 0 Å². The standard InChI is InChI=1S/C9H16N4/c10-3-6-13-8-9(7-11-13)12-4-1-2-5-12/h7-8H,1-6,10H2. The van der Waals surface area contributed by atoms with Gasteiger partial charge in [-0.3, -0.25) is 4.68 Å². The molecule has 4 nitrogen and oxygen atoms in total. The number of aromatic nitrogens is 2. The van der Waals surface area contributed by atoms with Crippen molar-refractivity contribution in [1.82, 2.24) is 9.78 Å². The zero-order chi connectivity index (χ0) is 9.10. The number of hydrogen-bond acceptors (Lipinski definition) is 3. The van der Waals surface area contributed by atoms with Crippen molar-refractivity contribution in [2.24, 2.45) is 5.73 Å². The maximum atomic E-state index is 5.45. The van der Waals surface area contributed by atoms with E-state index in [2.05, 4.69) is 16.2 Å². The molecule has 2 N–H and O–H groups in total. The van der Waals surface area contributed by atoms with Gasteiger partial charge in [0.2, 0.25) is 0 Å². The van der Waals surface area contributed by atoms with E-state index in [0.717, 1.165) is 6.54 Å². The summed E-state index contributed by atoms with van der Waals surface area (Å²) >= 11 is 0. The topological polar surface area (TPSA) is 47.1 Å². The Labute approximate surface area is 78.3 Å². The highest BCUT2D eigenvalue weighted by Crippen LogP contribution is 2.18. The highest BCUT2D eigenvalue weighted by atomic mass is 15.3. The van der Waals surface area contributed by atoms with Crippen LogP contribution in [0.2, 0.25) is 0 Å². The van der Waals surface area contributed by atoms with Gasteiger partial charge in [-0.2, -0.15) is 5.10 Å². The second-order valence-corrected chi connectivity index (χ2v) is 3.44. The summed E-state index contributed by atoms with van der Waals surface area (Å²) in [4.78, 5) is 2.38. The van der Waals surface area contributed by atoms with Gasteiger partial charge in [0.1, 0.15) is 0 Å². The fourth-order valence-corrected chi connectivity index (χ4v) is 1.75. The molecule has 0 radical (unpaired) electrons. The number of nitrogens with two attached hydrogens (primary N) is 1. The summed E-state index contributed by atoms with van der Waals surface area (Å²) in [5, 5.41) is 4.25. The molecule has 1 fully saturated rings. The number of rotatable bonds is 3. The third-order valence-electron chi connectivity index (χ3n) is 2.45. The Hall–Kier alpha value is -1.03. The smallest absolute Gasteiger partial charge is 0.0752 e. The largest absolute Gasteiger partial charge is 0.369 e. The summed E-state index contributed by atoms with van der Waals surface area (Å²) in [6.07, 6.45) is 6.63. The number of nitrogens with zero attached hydrogens (tertiary/aromatic N) is 3. The Morgan fingerprint density at radius 2 is 2.15 bits per heavy atom. The molecule has 1 aromatic rings. The lowest BCUT2D eigenvalue weighted by atomic mass is 10.4. The predicted molar refractivity (Wildman–Crippen MR) is 52.7 cm³/mol. The van der Waals surface area contributed by atoms with Crippen LogP contribution in [0.4, 0.5) is 5.69 Å². The Bertz CT molecular complexity index is 262. The minimum Gasteiger partial charge on any atom is -0.369 e. The van der Waals surface area contributed by atoms with Gasteiger partial charge in [0.25, 0.3) is 0 Å². The first kappa shape index (κ1) is 8.56. The van der Waals surface area contributed by atoms with Crippen LogP contribution < -0.4 is 10.6 Å². The average Bonchev–Trinajstić information content (AvgIpc) is 2.70. The van der Waals surface area contributed by atoms with Gasteiger partial charge < -0.3 is 10.6 Å². The molecule has 0 unspecified atom stereocenters. The van der Waals surface area contributed by atoms with Gasteiger partial charge >= 0.3 is 0 Å². The van der Waals surface area contributed by atoms with Crippen LogP contribution in [-0.4, -0.2) is 29.4 Å². The molecule has 0 amide bonds. The maximum Gasteiger partial charge on any atom is 0.0752 e. The first-order valence-electron chi connectivity index (χ1n) is 4.87. The molecule has 0 aliphatic carbocycles. The highest BCUT2D eigenvalue weighted by Gasteiger charge is 2.13. The summed E-state index contributed by atoms with van der Waals surface area (Å²) in [6, 6.07) is 0. The molecule has 13 heavy (non-hydrogen) atoms. The van der Waals surface area contributed by atoms with Crippen LogP contribution in [0.25, 0.3) is 0 Å². The number of hydrogen-bond donors (Lipinski definition) is 1. The average molecular weight is 180 g/mol. The van der Waals surface area contributed by atoms with Gasteiger partial charge in [-0.15, -0.1) is 0 Å². The predicted octanol–water partition coefficient (Wildman–Crippen LogP) is 0.442. The van der Waals surface area contributed by atoms with Crippen molar-refractivity contribution in [3.8, 4) is 0 Å². The Morgan fingerprint density at radius 1 is 1.38 bits per heavy atom. The zero-order valence-electron chi connectivity index (χ0n) is 7.82. The van der Waals surface area contributed by atoms with Crippen LogP contribution in [0.3, 0.4) is 0 Å². The van der Waals surface area contributed by atoms with E-state index in [1.807, 2.05) is 10.9 Å². The second-order valence-electron chi connectivity index (χ2n) is 3.44. The molecular weight excluding hydrogens is 164 g/mol. The van der Waals surface area contributed by atoms with Crippen molar-refractivity contribution in [2.45, 2.75) is 19.4 Å². The number of anilines is 1. The van der Waals surface area contributed by atoms with E-state index >= 15 is 0 Å². The van der Waals surface area contributed by atoms with Crippen molar-refractivity contribution in [3.05, 3.63) is 12.4 Å². The van der Waals surface area contributed by atoms with E-state index in [4.69, 9.17) is 5.73 Å². The fourth-order valence-electron chi connectivity index (χ4n) is 1.75. The van der Waals surface area contributed by atoms with Crippen LogP contribution in [0.1, 0.15) is 12.8 Å². The van der Waals surface area contributed by atoms with Gasteiger partial charge in [-0.05, 0) is 12.8 Å². The van der Waals surface area contributed by atoms with Gasteiger partial charge in [0.05, 0.1) is 18.4 Å². The molecule has 0 saturated carbocycles. The second kappa shape index (κ2) is 3.79. The van der Waals surface area contributed by atoms with E-state index in [9.17, 15) is 0 Å². The van der Waals surface area contributed by atoms with E-state index in [1.165, 1.54) is 31.6 Å². The summed E-state index contributed by atoms with van der Waals surface area (Å²) < 4.78 is 1.91. The molecule has 0 spiro atoms. The zero-order valence-corrected chi connectivity index (χ0v) is 7.82. The van der Waals surface area contributed by atoms with Gasteiger partial charge in [-0.25, -0.2) is 0 Å². The lowest BCUT2D eigenvalue weighted by Gasteiger charge is -2.13. The molecule has 0 aromatic carbocycles. The van der Waals surface area contributed by atoms with Crippen LogP contribution in [0.15, 0.2) is 12.4 Å². The summed E-state index contributed by atoms with van der Waals surface area (Å²) in [5.74, 6) is 0. The van der Waals surface area contributed by atoms with Crippen LogP contribution in [-0.2, 0) is 6.54 Å². The van der Waals surface area contributed by atoms with Gasteiger partial charge in [0.15, 0.2) is 0 Å². The maximum absolute atomic E-state index is 5.45. The van der Waals surface area contributed by atoms with Crippen molar-refractivity contribution < 1.29 is 0 Å². The highest BCUT2D eigenvalue weighted by molar-refractivity contribution is 5.42. The molecule has 2 rings (SSSR count). The van der Waals surface area contributed by atoms with Crippen LogP contribution >= 0.6 is 0 Å². The molecule has 72 valence electrons. The molecule has 1 aromatic heterocycles. The van der Waals surface area contributed by atoms with Crippen molar-refractivity contribution in [1.29, 1.82) is 0 Å². The van der Waals surface area contributed by atoms with E-state index in [0.29, 0.717) is 6.54 Å². The van der Waals surface area contributed by atoms with E-state index < -0.39 is 0 Å². The molecule has 0 atom stereocenters. The molecular formula is C9H16N4. The summed E-state index contributed by atoms with van der Waals surface area (Å²) in [5.41, 5.74) is 6.69. The fraction of sp³-hybridized carbons (Fsp3) is 0.667. The first-order valence-corrected chi connectivity index (χ1v) is 4.87. The van der Waals surface area contributed by atoms with Crippen molar-refractivity contribution >= 4 is 5.69 Å². The minimum absolute atomic E-state index is 0.654. The normalized spacial score (nSPS) is 16.8. The Balaban J connectivity index is 2.03. The van der Waals surface area contributed by atoms with E-state index in [-0.39, 0.29) is 0 Å². The summed E-state index contributed by atoms with van der Waals surface area (Å²) in [6.45, 7) is 3.82. The quantitative estimate of drug-likeness (QED) is 0.734. The van der Waals surface area contributed by atoms with Crippen molar-refractivity contribution in [2.75, 3.05) is 24.5 Å². The molecule has 1 aliphatic heterocycles. The Morgan fingerprint density at radius 3 is 2.85 bits per heavy atom. The van der Waals surface area contributed by atoms with Gasteiger partial charge in [-0.1, -0.05) is 0 Å².